The molecule has 0 heterocycles. The molecule has 1 aliphatic rings. The highest BCUT2D eigenvalue weighted by Gasteiger charge is 2.32. The standard InChI is InChI=1S/C15H27IO3/c1-12(17)6-4-3-5-7-13-8-15(19-11-18-2)9-14(13)10-16/h5,7,12-15,17H,3-4,6,8-11H2,1-2H3/b7-5+/t12-,13+,14-,15-/m0/s1. The minimum absolute atomic E-state index is 0.172. The zero-order chi connectivity index (χ0) is 14.1. The van der Waals surface area contributed by atoms with Crippen molar-refractivity contribution in [2.45, 2.75) is 51.2 Å². The van der Waals surface area contributed by atoms with E-state index < -0.39 is 0 Å². The fourth-order valence-corrected chi connectivity index (χ4v) is 3.63. The second-order valence-corrected chi connectivity index (χ2v) is 6.33. The van der Waals surface area contributed by atoms with Gasteiger partial charge in [-0.15, -0.1) is 0 Å². The van der Waals surface area contributed by atoms with E-state index in [1.165, 1.54) is 4.43 Å². The number of hydrogen-bond donors (Lipinski definition) is 1. The van der Waals surface area contributed by atoms with Gasteiger partial charge in [0.2, 0.25) is 0 Å². The fraction of sp³-hybridized carbons (Fsp3) is 0.867. The van der Waals surface area contributed by atoms with Gasteiger partial charge in [0.1, 0.15) is 6.79 Å². The van der Waals surface area contributed by atoms with Gasteiger partial charge in [-0.3, -0.25) is 0 Å². The second-order valence-electron chi connectivity index (χ2n) is 5.45. The summed E-state index contributed by atoms with van der Waals surface area (Å²) in [6, 6.07) is 0. The lowest BCUT2D eigenvalue weighted by molar-refractivity contribution is -0.0700. The lowest BCUT2D eigenvalue weighted by Gasteiger charge is -2.11. The number of alkyl halides is 1. The number of methoxy groups -OCH3 is 1. The highest BCUT2D eigenvalue weighted by atomic mass is 127. The molecule has 0 bridgehead atoms. The molecule has 0 aromatic carbocycles. The molecule has 0 aliphatic heterocycles. The van der Waals surface area contributed by atoms with Gasteiger partial charge >= 0.3 is 0 Å². The molecule has 0 spiro atoms. The molecule has 112 valence electrons. The number of aliphatic hydroxyl groups is 1. The number of aliphatic hydroxyl groups excluding tert-OH is 1. The van der Waals surface area contributed by atoms with Crippen LogP contribution in [0.5, 0.6) is 0 Å². The number of unbranched alkanes of at least 4 members (excludes halogenated alkanes) is 1. The summed E-state index contributed by atoms with van der Waals surface area (Å²) in [6.45, 7) is 2.26. The lowest BCUT2D eigenvalue weighted by Crippen LogP contribution is -2.10. The predicted octanol–water partition coefficient (Wildman–Crippen LogP) is 3.54. The Morgan fingerprint density at radius 1 is 1.42 bits per heavy atom. The van der Waals surface area contributed by atoms with E-state index in [-0.39, 0.29) is 6.10 Å². The molecule has 0 amide bonds. The maximum absolute atomic E-state index is 9.21. The van der Waals surface area contributed by atoms with Crippen LogP contribution < -0.4 is 0 Å². The molecule has 0 aromatic rings. The molecule has 1 rings (SSSR count). The van der Waals surface area contributed by atoms with Crippen LogP contribution in [0.25, 0.3) is 0 Å². The van der Waals surface area contributed by atoms with Gasteiger partial charge in [-0.05, 0) is 50.9 Å². The van der Waals surface area contributed by atoms with Crippen molar-refractivity contribution in [3.8, 4) is 0 Å². The Morgan fingerprint density at radius 3 is 2.84 bits per heavy atom. The molecular weight excluding hydrogens is 355 g/mol. The van der Waals surface area contributed by atoms with Crippen LogP contribution in [-0.4, -0.2) is 35.6 Å². The average Bonchev–Trinajstić information content (AvgIpc) is 2.78. The molecule has 0 saturated heterocycles. The number of ether oxygens (including phenoxy) is 2. The highest BCUT2D eigenvalue weighted by molar-refractivity contribution is 14.1. The summed E-state index contributed by atoms with van der Waals surface area (Å²) in [5, 5.41) is 9.21. The Kier molecular flexibility index (Phi) is 9.28. The first-order valence-electron chi connectivity index (χ1n) is 7.18. The molecule has 1 saturated carbocycles. The summed E-state index contributed by atoms with van der Waals surface area (Å²) in [6.07, 6.45) is 10.1. The van der Waals surface area contributed by atoms with E-state index >= 15 is 0 Å². The summed E-state index contributed by atoms with van der Waals surface area (Å²) in [7, 11) is 1.67. The van der Waals surface area contributed by atoms with Gasteiger partial charge in [0.25, 0.3) is 0 Å². The van der Waals surface area contributed by atoms with Crippen LogP contribution >= 0.6 is 22.6 Å². The maximum atomic E-state index is 9.21. The van der Waals surface area contributed by atoms with Gasteiger partial charge in [-0.2, -0.15) is 0 Å². The van der Waals surface area contributed by atoms with Gasteiger partial charge in [0, 0.05) is 11.5 Å². The number of halogens is 1. The van der Waals surface area contributed by atoms with Crippen molar-refractivity contribution in [2.75, 3.05) is 18.3 Å². The number of allylic oxidation sites excluding steroid dienone is 2. The summed E-state index contributed by atoms with van der Waals surface area (Å²) in [5.41, 5.74) is 0. The van der Waals surface area contributed by atoms with Crippen molar-refractivity contribution >= 4 is 22.6 Å². The van der Waals surface area contributed by atoms with Gasteiger partial charge in [0.15, 0.2) is 0 Å². The van der Waals surface area contributed by atoms with Crippen LogP contribution in [0.15, 0.2) is 12.2 Å². The third-order valence-electron chi connectivity index (χ3n) is 3.70. The third kappa shape index (κ3) is 7.06. The van der Waals surface area contributed by atoms with Gasteiger partial charge < -0.3 is 14.6 Å². The quantitative estimate of drug-likeness (QED) is 0.218. The minimum Gasteiger partial charge on any atom is -0.393 e. The molecule has 1 fully saturated rings. The normalized spacial score (nSPS) is 29.2. The van der Waals surface area contributed by atoms with Crippen molar-refractivity contribution in [3.05, 3.63) is 12.2 Å². The maximum Gasteiger partial charge on any atom is 0.146 e. The van der Waals surface area contributed by atoms with Crippen molar-refractivity contribution in [2.24, 2.45) is 11.8 Å². The highest BCUT2D eigenvalue weighted by Crippen LogP contribution is 2.36. The molecule has 19 heavy (non-hydrogen) atoms. The molecule has 1 aliphatic carbocycles. The van der Waals surface area contributed by atoms with Crippen LogP contribution in [0.4, 0.5) is 0 Å². The Hall–Kier alpha value is 0.350. The Bertz CT molecular complexity index is 256. The van der Waals surface area contributed by atoms with E-state index in [2.05, 4.69) is 34.7 Å². The minimum atomic E-state index is -0.172. The fourth-order valence-electron chi connectivity index (χ4n) is 2.62. The largest absolute Gasteiger partial charge is 0.393 e. The van der Waals surface area contributed by atoms with E-state index in [1.54, 1.807) is 7.11 Å². The Morgan fingerprint density at radius 2 is 2.21 bits per heavy atom. The predicted molar refractivity (Wildman–Crippen MR) is 86.5 cm³/mol. The molecule has 0 aromatic heterocycles. The van der Waals surface area contributed by atoms with E-state index in [9.17, 15) is 5.11 Å². The monoisotopic (exact) mass is 382 g/mol. The second kappa shape index (κ2) is 10.1. The van der Waals surface area contributed by atoms with Crippen LogP contribution in [0.3, 0.4) is 0 Å². The van der Waals surface area contributed by atoms with Gasteiger partial charge in [-0.25, -0.2) is 0 Å². The van der Waals surface area contributed by atoms with Crippen LogP contribution in [0.2, 0.25) is 0 Å². The summed E-state index contributed by atoms with van der Waals surface area (Å²) in [5.74, 6) is 1.38. The molecule has 1 N–H and O–H groups in total. The van der Waals surface area contributed by atoms with Crippen molar-refractivity contribution in [1.82, 2.24) is 0 Å². The van der Waals surface area contributed by atoms with E-state index in [4.69, 9.17) is 9.47 Å². The molecular formula is C15H27IO3. The van der Waals surface area contributed by atoms with E-state index in [1.807, 2.05) is 6.92 Å². The third-order valence-corrected chi connectivity index (χ3v) is 4.83. The molecule has 3 nitrogen and oxygen atoms in total. The first-order chi connectivity index (χ1) is 9.17. The average molecular weight is 382 g/mol. The van der Waals surface area contributed by atoms with Gasteiger partial charge in [-0.1, -0.05) is 34.7 Å². The zero-order valence-electron chi connectivity index (χ0n) is 12.1. The first kappa shape index (κ1) is 17.4. The molecule has 0 radical (unpaired) electrons. The van der Waals surface area contributed by atoms with Crippen LogP contribution in [-0.2, 0) is 9.47 Å². The number of hydrogen-bond acceptors (Lipinski definition) is 3. The Labute approximate surface area is 130 Å². The van der Waals surface area contributed by atoms with E-state index in [0.717, 1.165) is 38.0 Å². The first-order valence-corrected chi connectivity index (χ1v) is 8.71. The van der Waals surface area contributed by atoms with Crippen LogP contribution in [0.1, 0.15) is 39.0 Å². The van der Waals surface area contributed by atoms with Crippen molar-refractivity contribution in [3.63, 3.8) is 0 Å². The molecule has 4 atom stereocenters. The van der Waals surface area contributed by atoms with E-state index in [0.29, 0.717) is 18.8 Å². The molecule has 4 heteroatoms. The topological polar surface area (TPSA) is 38.7 Å². The van der Waals surface area contributed by atoms with Crippen LogP contribution in [0, 0.1) is 11.8 Å². The summed E-state index contributed by atoms with van der Waals surface area (Å²) >= 11 is 2.48. The summed E-state index contributed by atoms with van der Waals surface area (Å²) in [4.78, 5) is 0. The van der Waals surface area contributed by atoms with Crippen molar-refractivity contribution in [1.29, 1.82) is 0 Å². The zero-order valence-corrected chi connectivity index (χ0v) is 14.2. The SMILES string of the molecule is COCO[C@@H]1C[C@@H](CI)[C@H](/C=C/CCC[C@H](C)O)C1. The van der Waals surface area contributed by atoms with Gasteiger partial charge in [0.05, 0.1) is 12.2 Å². The number of rotatable bonds is 9. The Balaban J connectivity index is 2.28. The van der Waals surface area contributed by atoms with Crippen molar-refractivity contribution < 1.29 is 14.6 Å². The molecule has 0 unspecified atom stereocenters. The smallest absolute Gasteiger partial charge is 0.146 e. The lowest BCUT2D eigenvalue weighted by atomic mass is 9.97. The summed E-state index contributed by atoms with van der Waals surface area (Å²) < 4.78 is 11.8.